The minimum atomic E-state index is 1.27. The molecule has 0 atom stereocenters. The topological polar surface area (TPSA) is 45.4 Å². The Morgan fingerprint density at radius 2 is 1.75 bits per heavy atom. The molecule has 0 fully saturated rings. The Labute approximate surface area is 74.9 Å². The fraction of sp³-hybridized carbons (Fsp3) is 0. The van der Waals surface area contributed by atoms with E-state index in [1.807, 2.05) is 5.16 Å². The molecule has 3 nitrogen and oxygen atoms in total. The molecular weight excluding hydrogens is 172 g/mol. The third-order valence-electron chi connectivity index (χ3n) is 1.34. The summed E-state index contributed by atoms with van der Waals surface area (Å²) in [5, 5.41) is 12.2. The van der Waals surface area contributed by atoms with Gasteiger partial charge in [-0.3, -0.25) is 4.84 Å². The summed E-state index contributed by atoms with van der Waals surface area (Å²) >= 11 is 4.02. The Morgan fingerprint density at radius 3 is 1.83 bits per heavy atom. The zero-order valence-corrected chi connectivity index (χ0v) is 6.84. The van der Waals surface area contributed by atoms with Crippen LogP contribution in [0.2, 0.25) is 0 Å². The Bertz CT molecular complexity index is 325. The van der Waals surface area contributed by atoms with E-state index in [0.717, 1.165) is 0 Å². The van der Waals surface area contributed by atoms with Crippen molar-refractivity contribution in [2.24, 2.45) is 5.16 Å². The van der Waals surface area contributed by atoms with E-state index >= 15 is 0 Å². The van der Waals surface area contributed by atoms with E-state index in [4.69, 9.17) is 5.26 Å². The number of benzene rings is 1. The summed E-state index contributed by atoms with van der Waals surface area (Å²) in [4.78, 5) is 3.70. The number of nitrogens with zero attached hydrogens (tertiary/aromatic N) is 2. The van der Waals surface area contributed by atoms with Crippen LogP contribution in [-0.2, 0) is 4.84 Å². The predicted molar refractivity (Wildman–Crippen MR) is 47.2 cm³/mol. The first-order valence-electron chi connectivity index (χ1n) is 3.11. The van der Waals surface area contributed by atoms with Gasteiger partial charge in [-0.05, 0) is 28.5 Å². The van der Waals surface area contributed by atoms with Gasteiger partial charge in [-0.15, -0.1) is 5.26 Å². The smallest absolute Gasteiger partial charge is 0.266 e. The predicted octanol–water partition coefficient (Wildman–Crippen LogP) is 2.17. The standard InChI is InChI=1S/C6H4.C2N2OS/c1-2-6-4-3-5(1)6;3-1-5-4-2-6/h1-4H;. The summed E-state index contributed by atoms with van der Waals surface area (Å²) in [5.74, 6) is 0. The Balaban J connectivity index is 0.000000120. The zero-order chi connectivity index (χ0) is 8.81. The molecule has 0 aliphatic heterocycles. The van der Waals surface area contributed by atoms with E-state index in [1.54, 1.807) is 0 Å². The summed E-state index contributed by atoms with van der Waals surface area (Å²) in [6.45, 7) is 0. The number of fused-ring (bicyclic) bond motifs is 1. The Kier molecular flexibility index (Phi) is 2.97. The number of rotatable bonds is 1. The van der Waals surface area contributed by atoms with Crippen LogP contribution >= 0.6 is 12.2 Å². The number of thiocarbonyl (C=S) groups is 1. The largest absolute Gasteiger partial charge is 0.317 e. The highest BCUT2D eigenvalue weighted by Gasteiger charge is 2.03. The van der Waals surface area contributed by atoms with Gasteiger partial charge in [0.2, 0.25) is 0 Å². The van der Waals surface area contributed by atoms with Gasteiger partial charge < -0.3 is 0 Å². The Morgan fingerprint density at radius 1 is 1.25 bits per heavy atom. The average Bonchev–Trinajstić information content (AvgIpc) is 2.09. The van der Waals surface area contributed by atoms with Gasteiger partial charge in [0, 0.05) is 0 Å². The first-order valence-corrected chi connectivity index (χ1v) is 3.52. The molecule has 4 heteroatoms. The van der Waals surface area contributed by atoms with E-state index in [2.05, 4.69) is 46.5 Å². The van der Waals surface area contributed by atoms with Crippen LogP contribution in [0.3, 0.4) is 0 Å². The monoisotopic (exact) mass is 176 g/mol. The van der Waals surface area contributed by atoms with E-state index < -0.39 is 0 Å². The van der Waals surface area contributed by atoms with Gasteiger partial charge in [0.05, 0.1) is 0 Å². The number of nitriles is 1. The van der Waals surface area contributed by atoms with Crippen LogP contribution in [0, 0.1) is 11.5 Å². The molecule has 2 aliphatic rings. The van der Waals surface area contributed by atoms with Crippen molar-refractivity contribution in [2.45, 2.75) is 0 Å². The highest BCUT2D eigenvalue weighted by molar-refractivity contribution is 7.78. The summed E-state index contributed by atoms with van der Waals surface area (Å²) in [5.41, 5.74) is 2.85. The lowest BCUT2D eigenvalue weighted by Gasteiger charge is -2.10. The Hall–Kier alpha value is -1.69. The van der Waals surface area contributed by atoms with Crippen LogP contribution in [0.5, 0.6) is 0 Å². The molecule has 0 spiro atoms. The molecule has 2 aliphatic carbocycles. The van der Waals surface area contributed by atoms with Crippen molar-refractivity contribution < 1.29 is 4.84 Å². The molecule has 0 unspecified atom stereocenters. The minimum absolute atomic E-state index is 1.27. The molecule has 0 saturated heterocycles. The van der Waals surface area contributed by atoms with Gasteiger partial charge in [-0.2, -0.15) is 0 Å². The molecule has 0 bridgehead atoms. The lowest BCUT2D eigenvalue weighted by Crippen LogP contribution is -1.85. The third-order valence-corrected chi connectivity index (χ3v) is 1.42. The van der Waals surface area contributed by atoms with Crippen molar-refractivity contribution >= 4 is 17.4 Å². The van der Waals surface area contributed by atoms with Gasteiger partial charge in [0.15, 0.2) is 0 Å². The summed E-state index contributed by atoms with van der Waals surface area (Å²) < 4.78 is 0. The van der Waals surface area contributed by atoms with Gasteiger partial charge in [0.25, 0.3) is 0 Å². The molecule has 0 amide bonds. The van der Waals surface area contributed by atoms with E-state index in [0.29, 0.717) is 0 Å². The minimum Gasteiger partial charge on any atom is -0.266 e. The van der Waals surface area contributed by atoms with Crippen molar-refractivity contribution in [3.63, 3.8) is 0 Å². The molecule has 2 rings (SSSR count). The second kappa shape index (κ2) is 4.24. The molecule has 58 valence electrons. The molecule has 0 N–H and O–H groups in total. The lowest BCUT2D eigenvalue weighted by atomic mass is 9.95. The molecule has 12 heavy (non-hydrogen) atoms. The van der Waals surface area contributed by atoms with Gasteiger partial charge in [-0.25, -0.2) is 0 Å². The van der Waals surface area contributed by atoms with Gasteiger partial charge in [-0.1, -0.05) is 24.3 Å². The molecule has 0 radical (unpaired) electrons. The summed E-state index contributed by atoms with van der Waals surface area (Å²) in [6, 6.07) is 8.48. The third kappa shape index (κ3) is 1.89. The second-order valence-corrected chi connectivity index (χ2v) is 2.13. The van der Waals surface area contributed by atoms with Crippen LogP contribution in [0.4, 0.5) is 0 Å². The molecule has 0 saturated carbocycles. The van der Waals surface area contributed by atoms with E-state index in [1.165, 1.54) is 17.4 Å². The van der Waals surface area contributed by atoms with Crippen molar-refractivity contribution in [3.05, 3.63) is 24.3 Å². The van der Waals surface area contributed by atoms with Crippen molar-refractivity contribution in [1.29, 1.82) is 5.26 Å². The fourth-order valence-electron chi connectivity index (χ4n) is 0.702. The van der Waals surface area contributed by atoms with Crippen molar-refractivity contribution in [3.8, 4) is 17.4 Å². The fourth-order valence-corrected chi connectivity index (χ4v) is 0.739. The van der Waals surface area contributed by atoms with E-state index in [9.17, 15) is 0 Å². The van der Waals surface area contributed by atoms with Crippen LogP contribution in [-0.4, -0.2) is 5.16 Å². The quantitative estimate of drug-likeness (QED) is 0.289. The maximum atomic E-state index is 7.55. The second-order valence-electron chi connectivity index (χ2n) is 1.94. The molecule has 0 heterocycles. The normalized spacial score (nSPS) is 7.92. The van der Waals surface area contributed by atoms with Crippen LogP contribution in [0.25, 0.3) is 11.1 Å². The maximum absolute atomic E-state index is 7.55. The van der Waals surface area contributed by atoms with Crippen LogP contribution < -0.4 is 0 Å². The number of hydrogen-bond acceptors (Lipinski definition) is 4. The average molecular weight is 176 g/mol. The number of hydrogen-bond donors (Lipinski definition) is 0. The van der Waals surface area contributed by atoms with Crippen LogP contribution in [0.15, 0.2) is 29.4 Å². The first kappa shape index (κ1) is 8.41. The molecule has 0 aromatic heterocycles. The lowest BCUT2D eigenvalue weighted by molar-refractivity contribution is 0.294. The number of isothiocyanates is 1. The zero-order valence-electron chi connectivity index (χ0n) is 6.02. The molecule has 0 aromatic rings. The van der Waals surface area contributed by atoms with Gasteiger partial charge in [0.1, 0.15) is 5.16 Å². The van der Waals surface area contributed by atoms with Crippen molar-refractivity contribution in [2.75, 3.05) is 0 Å². The van der Waals surface area contributed by atoms with E-state index in [-0.39, 0.29) is 0 Å². The SMILES string of the molecule is N#CON=C=S.c1cc2ccc1-2. The highest BCUT2D eigenvalue weighted by Crippen LogP contribution is 2.29. The maximum Gasteiger partial charge on any atom is 0.317 e. The van der Waals surface area contributed by atoms with Crippen molar-refractivity contribution in [1.82, 2.24) is 0 Å². The van der Waals surface area contributed by atoms with Crippen LogP contribution in [0.1, 0.15) is 0 Å². The molecular formula is C8H4N2OS. The summed E-state index contributed by atoms with van der Waals surface area (Å²) in [7, 11) is 0. The first-order chi connectivity index (χ1) is 5.88. The van der Waals surface area contributed by atoms with Gasteiger partial charge >= 0.3 is 6.26 Å². The highest BCUT2D eigenvalue weighted by atomic mass is 32.1. The molecule has 0 aromatic carbocycles. The summed E-state index contributed by atoms with van der Waals surface area (Å²) in [6.07, 6.45) is 1.27.